The van der Waals surface area contributed by atoms with E-state index in [9.17, 15) is 4.79 Å². The van der Waals surface area contributed by atoms with Crippen molar-refractivity contribution in [1.29, 1.82) is 5.26 Å². The van der Waals surface area contributed by atoms with Crippen molar-refractivity contribution in [2.24, 2.45) is 0 Å². The maximum Gasteiger partial charge on any atom is 0.268 e. The topological polar surface area (TPSA) is 86.3 Å². The van der Waals surface area contributed by atoms with Gasteiger partial charge in [-0.05, 0) is 25.0 Å². The van der Waals surface area contributed by atoms with Crippen LogP contribution in [0.15, 0.2) is 42.9 Å². The van der Waals surface area contributed by atoms with E-state index in [2.05, 4.69) is 21.4 Å². The Labute approximate surface area is 161 Å². The zero-order chi connectivity index (χ0) is 18.8. The number of halogens is 1. The lowest BCUT2D eigenvalue weighted by atomic mass is 10.1. The summed E-state index contributed by atoms with van der Waals surface area (Å²) in [6.07, 6.45) is 7.61. The summed E-state index contributed by atoms with van der Waals surface area (Å²) in [5, 5.41) is 11.8. The fourth-order valence-corrected chi connectivity index (χ4v) is 3.16. The van der Waals surface area contributed by atoms with Gasteiger partial charge in [0, 0.05) is 47.9 Å². The van der Waals surface area contributed by atoms with Gasteiger partial charge in [-0.3, -0.25) is 9.20 Å². The van der Waals surface area contributed by atoms with Crippen molar-refractivity contribution in [3.63, 3.8) is 0 Å². The van der Waals surface area contributed by atoms with Crippen LogP contribution in [0.4, 0.5) is 5.82 Å². The molecule has 4 rings (SSSR count). The number of nitriles is 1. The Kier molecular flexibility index (Phi) is 4.65. The van der Waals surface area contributed by atoms with E-state index in [4.69, 9.17) is 17.0 Å². The molecule has 0 unspecified atom stereocenters. The molecule has 136 valence electrons. The summed E-state index contributed by atoms with van der Waals surface area (Å²) < 4.78 is 3.23. The third-order valence-electron chi connectivity index (χ3n) is 4.45. The number of nitrogens with one attached hydrogen (secondary N) is 1. The highest BCUT2D eigenvalue weighted by atomic mass is 35.5. The number of fused-ring (bicyclic) bond motifs is 1. The van der Waals surface area contributed by atoms with Crippen molar-refractivity contribution in [3.05, 3.63) is 48.4 Å². The molecule has 0 saturated heterocycles. The van der Waals surface area contributed by atoms with Gasteiger partial charge in [0.2, 0.25) is 0 Å². The van der Waals surface area contributed by atoms with Gasteiger partial charge < -0.3 is 5.32 Å². The average Bonchev–Trinajstić information content (AvgIpc) is 3.46. The molecule has 1 saturated carbocycles. The monoisotopic (exact) mass is 380 g/mol. The normalized spacial score (nSPS) is 13.3. The number of nitrogens with zero attached hydrogens (tertiary/aromatic N) is 5. The van der Waals surface area contributed by atoms with E-state index in [1.165, 1.54) is 4.42 Å². The number of hydrogen-bond donors (Lipinski definition) is 1. The highest BCUT2D eigenvalue weighted by Crippen LogP contribution is 2.30. The summed E-state index contributed by atoms with van der Waals surface area (Å²) in [6, 6.07) is 9.59. The smallest absolute Gasteiger partial charge is 0.268 e. The van der Waals surface area contributed by atoms with Crippen molar-refractivity contribution in [3.8, 4) is 17.3 Å². The van der Waals surface area contributed by atoms with Gasteiger partial charge in [0.1, 0.15) is 0 Å². The van der Waals surface area contributed by atoms with E-state index in [0.29, 0.717) is 30.0 Å². The number of hydrogen-bond acceptors (Lipinski definition) is 5. The van der Waals surface area contributed by atoms with Crippen LogP contribution in [0, 0.1) is 11.3 Å². The first kappa shape index (κ1) is 17.3. The molecule has 1 aliphatic carbocycles. The van der Waals surface area contributed by atoms with Crippen molar-refractivity contribution in [1.82, 2.24) is 18.8 Å². The van der Waals surface area contributed by atoms with Crippen LogP contribution in [-0.2, 0) is 0 Å². The standard InChI is InChI=1S/C19H17ClN6O/c20-26(15-6-7-15)19(27)14-4-2-13(3-5-14)16-12-24-18-17(22-9-1-8-21)23-10-11-25(16)18/h2-5,10-12,15H,1,6-7,9H2,(H,22,23). The van der Waals surface area contributed by atoms with Crippen molar-refractivity contribution in [2.75, 3.05) is 11.9 Å². The largest absolute Gasteiger partial charge is 0.366 e. The van der Waals surface area contributed by atoms with Gasteiger partial charge in [0.15, 0.2) is 11.5 Å². The zero-order valence-electron chi connectivity index (χ0n) is 14.5. The molecular weight excluding hydrogens is 364 g/mol. The highest BCUT2D eigenvalue weighted by Gasteiger charge is 2.32. The van der Waals surface area contributed by atoms with Gasteiger partial charge >= 0.3 is 0 Å². The first-order valence-electron chi connectivity index (χ1n) is 8.71. The van der Waals surface area contributed by atoms with Crippen LogP contribution in [0.1, 0.15) is 29.6 Å². The number of amides is 1. The van der Waals surface area contributed by atoms with Crippen molar-refractivity contribution in [2.45, 2.75) is 25.3 Å². The number of aromatic nitrogens is 3. The quantitative estimate of drug-likeness (QED) is 0.522. The number of carbonyl (C=O) groups excluding carboxylic acids is 1. The summed E-state index contributed by atoms with van der Waals surface area (Å²) in [4.78, 5) is 21.1. The molecule has 1 fully saturated rings. The van der Waals surface area contributed by atoms with Gasteiger partial charge in [-0.25, -0.2) is 14.4 Å². The van der Waals surface area contributed by atoms with E-state index in [-0.39, 0.29) is 11.9 Å². The molecule has 1 aliphatic rings. The van der Waals surface area contributed by atoms with Gasteiger partial charge in [-0.15, -0.1) is 0 Å². The number of carbonyl (C=O) groups is 1. The molecule has 2 heterocycles. The van der Waals surface area contributed by atoms with Crippen LogP contribution < -0.4 is 5.32 Å². The summed E-state index contributed by atoms with van der Waals surface area (Å²) >= 11 is 6.09. The second-order valence-corrected chi connectivity index (χ2v) is 6.74. The molecule has 1 aromatic carbocycles. The molecule has 0 spiro atoms. The Balaban J connectivity index is 1.60. The molecule has 7 nitrogen and oxygen atoms in total. The fourth-order valence-electron chi connectivity index (χ4n) is 2.87. The molecule has 27 heavy (non-hydrogen) atoms. The summed E-state index contributed by atoms with van der Waals surface area (Å²) in [6.45, 7) is 0.512. The Morgan fingerprint density at radius 1 is 1.33 bits per heavy atom. The Hall–Kier alpha value is -3.11. The second kappa shape index (κ2) is 7.25. The fraction of sp³-hybridized carbons (Fsp3) is 0.263. The second-order valence-electron chi connectivity index (χ2n) is 6.37. The highest BCUT2D eigenvalue weighted by molar-refractivity contribution is 6.24. The van der Waals surface area contributed by atoms with Gasteiger partial charge in [0.25, 0.3) is 5.91 Å². The molecule has 0 bridgehead atoms. The maximum atomic E-state index is 12.3. The molecule has 0 radical (unpaired) electrons. The van der Waals surface area contributed by atoms with E-state index in [1.54, 1.807) is 24.5 Å². The predicted octanol–water partition coefficient (Wildman–Crippen LogP) is 3.48. The minimum absolute atomic E-state index is 0.164. The van der Waals surface area contributed by atoms with Gasteiger partial charge in [-0.2, -0.15) is 5.26 Å². The number of anilines is 1. The predicted molar refractivity (Wildman–Crippen MR) is 102 cm³/mol. The van der Waals surface area contributed by atoms with Crippen LogP contribution in [0.3, 0.4) is 0 Å². The molecule has 0 aliphatic heterocycles. The summed E-state index contributed by atoms with van der Waals surface area (Å²) in [7, 11) is 0. The Bertz CT molecular complexity index is 1020. The molecule has 1 amide bonds. The molecule has 2 aromatic heterocycles. The SMILES string of the molecule is N#CCCNc1nccn2c(-c3ccc(C(=O)N(Cl)C4CC4)cc3)cnc12. The zero-order valence-corrected chi connectivity index (χ0v) is 15.2. The van der Waals surface area contributed by atoms with Crippen LogP contribution in [0.2, 0.25) is 0 Å². The van der Waals surface area contributed by atoms with Crippen LogP contribution in [0.25, 0.3) is 16.9 Å². The number of rotatable bonds is 6. The van der Waals surface area contributed by atoms with Crippen molar-refractivity contribution < 1.29 is 4.79 Å². The Morgan fingerprint density at radius 2 is 2.11 bits per heavy atom. The third-order valence-corrected chi connectivity index (χ3v) is 4.88. The van der Waals surface area contributed by atoms with Crippen LogP contribution in [0.5, 0.6) is 0 Å². The molecular formula is C19H17ClN6O. The molecule has 3 aromatic rings. The number of benzene rings is 1. The molecule has 0 atom stereocenters. The Morgan fingerprint density at radius 3 is 2.81 bits per heavy atom. The van der Waals surface area contributed by atoms with Crippen molar-refractivity contribution >= 4 is 29.1 Å². The first-order valence-corrected chi connectivity index (χ1v) is 9.05. The minimum Gasteiger partial charge on any atom is -0.366 e. The molecule has 8 heteroatoms. The van der Waals surface area contributed by atoms with Crippen LogP contribution in [-0.4, -0.2) is 37.3 Å². The number of imidazole rings is 1. The third kappa shape index (κ3) is 3.44. The molecule has 1 N–H and O–H groups in total. The van der Waals surface area contributed by atoms with E-state index >= 15 is 0 Å². The van der Waals surface area contributed by atoms with E-state index in [1.807, 2.05) is 22.7 Å². The van der Waals surface area contributed by atoms with Crippen LogP contribution >= 0.6 is 11.8 Å². The van der Waals surface area contributed by atoms with Gasteiger partial charge in [0.05, 0.1) is 24.4 Å². The lowest BCUT2D eigenvalue weighted by Gasteiger charge is -2.12. The maximum absolute atomic E-state index is 12.3. The summed E-state index contributed by atoms with van der Waals surface area (Å²) in [5.41, 5.74) is 3.07. The lowest BCUT2D eigenvalue weighted by Crippen LogP contribution is -2.23. The van der Waals surface area contributed by atoms with Gasteiger partial charge in [-0.1, -0.05) is 12.1 Å². The average molecular weight is 381 g/mol. The van der Waals surface area contributed by atoms with E-state index < -0.39 is 0 Å². The first-order chi connectivity index (χ1) is 13.2. The van der Waals surface area contributed by atoms with E-state index in [0.717, 1.165) is 24.1 Å². The summed E-state index contributed by atoms with van der Waals surface area (Å²) in [5.74, 6) is 0.463. The minimum atomic E-state index is -0.169. The lowest BCUT2D eigenvalue weighted by molar-refractivity contribution is 0.0857.